The summed E-state index contributed by atoms with van der Waals surface area (Å²) < 4.78 is 0.680. The number of benzene rings is 1. The predicted molar refractivity (Wildman–Crippen MR) is 101 cm³/mol. The van der Waals surface area contributed by atoms with Crippen LogP contribution in [0, 0.1) is 0 Å². The Morgan fingerprint density at radius 1 is 1.33 bits per heavy atom. The standard InChI is InChI=1S/C15H16N4O2S2.Na.H/c1-9(7-20)16-12-11-13(19-15(21)23-11)18-14(17-12)22-8-10-5-3-2-4-6-10;;/h2-6,9,20H,7-8H2,1H3,(H2,16,17,18,19,21);;/t9-;;/m1../s1. The molecule has 9 heteroatoms. The Bertz CT molecular complexity index is 854. The summed E-state index contributed by atoms with van der Waals surface area (Å²) in [6.07, 6.45) is 0. The van der Waals surface area contributed by atoms with Gasteiger partial charge in [-0.05, 0) is 12.5 Å². The van der Waals surface area contributed by atoms with E-state index in [2.05, 4.69) is 20.3 Å². The molecular formula is C15H17N4NaO2S2. The van der Waals surface area contributed by atoms with E-state index in [9.17, 15) is 9.90 Å². The summed E-state index contributed by atoms with van der Waals surface area (Å²) in [5, 5.41) is 12.9. The van der Waals surface area contributed by atoms with Crippen LogP contribution in [-0.4, -0.2) is 62.3 Å². The summed E-state index contributed by atoms with van der Waals surface area (Å²) in [5.41, 5.74) is 1.71. The Labute approximate surface area is 169 Å². The Morgan fingerprint density at radius 2 is 2.08 bits per heavy atom. The predicted octanol–water partition coefficient (Wildman–Crippen LogP) is 1.82. The van der Waals surface area contributed by atoms with E-state index < -0.39 is 0 Å². The zero-order valence-corrected chi connectivity index (χ0v) is 14.1. The number of H-pyrrole nitrogens is 1. The number of nitrogens with one attached hydrogen (secondary N) is 2. The van der Waals surface area contributed by atoms with Crippen molar-refractivity contribution >= 4 is 68.8 Å². The molecule has 1 atom stereocenters. The van der Waals surface area contributed by atoms with Crippen molar-refractivity contribution in [2.24, 2.45) is 0 Å². The first-order valence-electron chi connectivity index (χ1n) is 7.10. The van der Waals surface area contributed by atoms with Gasteiger partial charge in [0.2, 0.25) is 0 Å². The van der Waals surface area contributed by atoms with Crippen molar-refractivity contribution in [2.75, 3.05) is 11.9 Å². The number of hydrogen-bond donors (Lipinski definition) is 3. The Morgan fingerprint density at radius 3 is 2.79 bits per heavy atom. The second kappa shape index (κ2) is 8.98. The summed E-state index contributed by atoms with van der Waals surface area (Å²) in [6, 6.07) is 9.90. The number of aliphatic hydroxyl groups is 1. The summed E-state index contributed by atoms with van der Waals surface area (Å²) >= 11 is 2.57. The van der Waals surface area contributed by atoms with Crippen LogP contribution in [0.15, 0.2) is 40.3 Å². The number of rotatable bonds is 6. The van der Waals surface area contributed by atoms with Gasteiger partial charge in [-0.25, -0.2) is 9.97 Å². The summed E-state index contributed by atoms with van der Waals surface area (Å²) in [7, 11) is 0. The third-order valence-corrected chi connectivity index (χ3v) is 4.92. The Balaban J connectivity index is 0.00000208. The number of anilines is 1. The van der Waals surface area contributed by atoms with Gasteiger partial charge in [0, 0.05) is 11.8 Å². The molecule has 0 spiro atoms. The van der Waals surface area contributed by atoms with Gasteiger partial charge in [0.1, 0.15) is 4.70 Å². The van der Waals surface area contributed by atoms with Crippen LogP contribution in [0.2, 0.25) is 0 Å². The van der Waals surface area contributed by atoms with Gasteiger partial charge in [0.25, 0.3) is 0 Å². The van der Waals surface area contributed by atoms with E-state index in [0.717, 1.165) is 17.1 Å². The number of aromatic amines is 1. The van der Waals surface area contributed by atoms with Crippen LogP contribution in [0.4, 0.5) is 5.82 Å². The first kappa shape index (κ1) is 19.4. The summed E-state index contributed by atoms with van der Waals surface area (Å²) in [6.45, 7) is 1.83. The molecule has 0 fully saturated rings. The summed E-state index contributed by atoms with van der Waals surface area (Å²) in [5.74, 6) is 1.32. The first-order valence-corrected chi connectivity index (χ1v) is 8.91. The molecule has 0 amide bonds. The molecule has 24 heavy (non-hydrogen) atoms. The van der Waals surface area contributed by atoms with Gasteiger partial charge in [-0.15, -0.1) is 0 Å². The topological polar surface area (TPSA) is 90.9 Å². The zero-order chi connectivity index (χ0) is 16.2. The first-order chi connectivity index (χ1) is 11.2. The van der Waals surface area contributed by atoms with Gasteiger partial charge in [0.05, 0.1) is 6.61 Å². The molecule has 0 bridgehead atoms. The average Bonchev–Trinajstić information content (AvgIpc) is 2.94. The van der Waals surface area contributed by atoms with Gasteiger partial charge >= 0.3 is 34.4 Å². The molecule has 2 heterocycles. The van der Waals surface area contributed by atoms with E-state index in [-0.39, 0.29) is 47.1 Å². The van der Waals surface area contributed by atoms with Crippen molar-refractivity contribution in [2.45, 2.75) is 23.9 Å². The van der Waals surface area contributed by atoms with E-state index >= 15 is 0 Å². The number of thiazole rings is 1. The van der Waals surface area contributed by atoms with Gasteiger partial charge in [0.15, 0.2) is 16.6 Å². The van der Waals surface area contributed by atoms with Crippen LogP contribution in [0.1, 0.15) is 12.5 Å². The fourth-order valence-corrected chi connectivity index (χ4v) is 3.52. The van der Waals surface area contributed by atoms with Gasteiger partial charge in [-0.3, -0.25) is 9.78 Å². The average molecular weight is 372 g/mol. The third-order valence-electron chi connectivity index (χ3n) is 3.13. The molecule has 3 rings (SSSR count). The van der Waals surface area contributed by atoms with Crippen LogP contribution in [0.5, 0.6) is 0 Å². The maximum atomic E-state index is 11.6. The van der Waals surface area contributed by atoms with E-state index in [1.807, 2.05) is 37.3 Å². The molecule has 2 aromatic heterocycles. The fourth-order valence-electron chi connectivity index (χ4n) is 1.99. The van der Waals surface area contributed by atoms with Crippen molar-refractivity contribution in [1.82, 2.24) is 15.0 Å². The number of aromatic nitrogens is 3. The minimum atomic E-state index is -0.167. The number of fused-ring (bicyclic) bond motifs is 1. The number of hydrogen-bond acceptors (Lipinski definition) is 7. The van der Waals surface area contributed by atoms with Crippen molar-refractivity contribution in [3.8, 4) is 0 Å². The molecule has 0 aliphatic heterocycles. The van der Waals surface area contributed by atoms with E-state index in [4.69, 9.17) is 0 Å². The number of aliphatic hydroxyl groups excluding tert-OH is 1. The van der Waals surface area contributed by atoms with Crippen LogP contribution in [0.3, 0.4) is 0 Å². The van der Waals surface area contributed by atoms with Gasteiger partial charge < -0.3 is 10.4 Å². The minimum absolute atomic E-state index is 0. The van der Waals surface area contributed by atoms with Crippen LogP contribution >= 0.6 is 23.1 Å². The molecule has 0 saturated carbocycles. The second-order valence-electron chi connectivity index (χ2n) is 5.05. The van der Waals surface area contributed by atoms with Gasteiger partial charge in [-0.2, -0.15) is 0 Å². The molecule has 3 N–H and O–H groups in total. The molecule has 0 aliphatic carbocycles. The molecule has 3 aromatic rings. The van der Waals surface area contributed by atoms with E-state index in [0.29, 0.717) is 21.3 Å². The number of nitrogens with zero attached hydrogens (tertiary/aromatic N) is 2. The van der Waals surface area contributed by atoms with Crippen molar-refractivity contribution in [3.63, 3.8) is 0 Å². The SMILES string of the molecule is C[C@H](CO)Nc1nc(SCc2ccccc2)nc2[nH]c(=O)sc12.[NaH]. The van der Waals surface area contributed by atoms with E-state index in [1.165, 1.54) is 17.3 Å². The molecule has 6 nitrogen and oxygen atoms in total. The monoisotopic (exact) mass is 372 g/mol. The zero-order valence-electron chi connectivity index (χ0n) is 12.4. The van der Waals surface area contributed by atoms with Crippen LogP contribution in [-0.2, 0) is 5.75 Å². The maximum absolute atomic E-state index is 11.6. The van der Waals surface area contributed by atoms with Crippen molar-refractivity contribution in [3.05, 3.63) is 45.6 Å². The third kappa shape index (κ3) is 4.81. The summed E-state index contributed by atoms with van der Waals surface area (Å²) in [4.78, 5) is 23.1. The fraction of sp³-hybridized carbons (Fsp3) is 0.267. The van der Waals surface area contributed by atoms with Crippen molar-refractivity contribution in [1.29, 1.82) is 0 Å². The normalized spacial score (nSPS) is 11.9. The molecule has 0 saturated heterocycles. The molecule has 0 unspecified atom stereocenters. The molecule has 122 valence electrons. The van der Waals surface area contributed by atoms with Crippen LogP contribution in [0.25, 0.3) is 10.3 Å². The number of thioether (sulfide) groups is 1. The quantitative estimate of drug-likeness (QED) is 0.347. The second-order valence-corrected chi connectivity index (χ2v) is 6.97. The van der Waals surface area contributed by atoms with Gasteiger partial charge in [-0.1, -0.05) is 53.4 Å². The molecule has 1 aromatic carbocycles. The van der Waals surface area contributed by atoms with Crippen molar-refractivity contribution < 1.29 is 5.11 Å². The molecule has 0 radical (unpaired) electrons. The molecular weight excluding hydrogens is 355 g/mol. The van der Waals surface area contributed by atoms with E-state index in [1.54, 1.807) is 0 Å². The van der Waals surface area contributed by atoms with Crippen LogP contribution < -0.4 is 10.2 Å². The molecule has 0 aliphatic rings. The Hall–Kier alpha value is -0.900. The Kier molecular flexibility index (Phi) is 7.27.